The molecule has 5 heteroatoms. The standard InChI is InChI=1S/C17H22N2O2S/c1-5-13-10-11-14(16(12-13)19(3)4)15-8-6-7-9-17(15)22(20,21)18-2/h6-12,18H,5H2,1-4H3. The van der Waals surface area contributed by atoms with Crippen LogP contribution in [0.2, 0.25) is 0 Å². The molecule has 0 saturated heterocycles. The first kappa shape index (κ1) is 16.5. The number of nitrogens with one attached hydrogen (secondary N) is 1. The van der Waals surface area contributed by atoms with Gasteiger partial charge in [0.05, 0.1) is 4.90 Å². The Labute approximate surface area is 132 Å². The highest BCUT2D eigenvalue weighted by Gasteiger charge is 2.19. The molecule has 2 rings (SSSR count). The third-order valence-electron chi connectivity index (χ3n) is 3.69. The van der Waals surface area contributed by atoms with E-state index in [9.17, 15) is 8.42 Å². The highest BCUT2D eigenvalue weighted by atomic mass is 32.2. The van der Waals surface area contributed by atoms with Crippen LogP contribution in [0.4, 0.5) is 5.69 Å². The molecule has 0 unspecified atom stereocenters. The van der Waals surface area contributed by atoms with Crippen LogP contribution in [0.25, 0.3) is 11.1 Å². The van der Waals surface area contributed by atoms with Gasteiger partial charge in [0, 0.05) is 30.9 Å². The van der Waals surface area contributed by atoms with Gasteiger partial charge in [0.1, 0.15) is 0 Å². The molecule has 0 fully saturated rings. The second kappa shape index (κ2) is 6.50. The molecule has 4 nitrogen and oxygen atoms in total. The normalized spacial score (nSPS) is 11.5. The fourth-order valence-electron chi connectivity index (χ4n) is 2.43. The summed E-state index contributed by atoms with van der Waals surface area (Å²) in [7, 11) is 1.86. The smallest absolute Gasteiger partial charge is 0.240 e. The summed E-state index contributed by atoms with van der Waals surface area (Å²) in [5, 5.41) is 0. The highest BCUT2D eigenvalue weighted by molar-refractivity contribution is 7.89. The molecule has 0 aliphatic heterocycles. The molecular formula is C17H22N2O2S. The molecule has 0 atom stereocenters. The second-order valence-electron chi connectivity index (χ2n) is 5.30. The lowest BCUT2D eigenvalue weighted by molar-refractivity contribution is 0.588. The third kappa shape index (κ3) is 3.15. The van der Waals surface area contributed by atoms with Gasteiger partial charge in [0.15, 0.2) is 0 Å². The molecule has 0 saturated carbocycles. The van der Waals surface area contributed by atoms with Gasteiger partial charge < -0.3 is 4.90 Å². The summed E-state index contributed by atoms with van der Waals surface area (Å²) in [4.78, 5) is 2.31. The summed E-state index contributed by atoms with van der Waals surface area (Å²) < 4.78 is 26.9. The fourth-order valence-corrected chi connectivity index (χ4v) is 3.37. The molecule has 0 aliphatic rings. The van der Waals surface area contributed by atoms with Crippen molar-refractivity contribution in [2.24, 2.45) is 0 Å². The van der Waals surface area contributed by atoms with E-state index in [2.05, 4.69) is 17.7 Å². The average Bonchev–Trinajstić information content (AvgIpc) is 2.54. The van der Waals surface area contributed by atoms with Gasteiger partial charge in [-0.1, -0.05) is 37.3 Å². The first-order chi connectivity index (χ1) is 10.4. The van der Waals surface area contributed by atoms with Gasteiger partial charge in [-0.25, -0.2) is 13.1 Å². The maximum atomic E-state index is 12.3. The van der Waals surface area contributed by atoms with Crippen LogP contribution in [0, 0.1) is 0 Å². The Hall–Kier alpha value is -1.85. The first-order valence-electron chi connectivity index (χ1n) is 7.24. The Morgan fingerprint density at radius 2 is 1.73 bits per heavy atom. The summed E-state index contributed by atoms with van der Waals surface area (Å²) >= 11 is 0. The van der Waals surface area contributed by atoms with E-state index < -0.39 is 10.0 Å². The summed E-state index contributed by atoms with van der Waals surface area (Å²) in [6.07, 6.45) is 0.942. The third-order valence-corrected chi connectivity index (χ3v) is 5.16. The number of sulfonamides is 1. The first-order valence-corrected chi connectivity index (χ1v) is 8.72. The Kier molecular flexibility index (Phi) is 4.88. The molecule has 0 heterocycles. The number of anilines is 1. The molecule has 118 valence electrons. The molecule has 0 bridgehead atoms. The summed E-state index contributed by atoms with van der Waals surface area (Å²) in [5.74, 6) is 0. The molecular weight excluding hydrogens is 296 g/mol. The van der Waals surface area contributed by atoms with Crippen LogP contribution in [0.15, 0.2) is 47.4 Å². The zero-order valence-electron chi connectivity index (χ0n) is 13.4. The maximum Gasteiger partial charge on any atom is 0.240 e. The van der Waals surface area contributed by atoms with Gasteiger partial charge >= 0.3 is 0 Å². The van der Waals surface area contributed by atoms with Gasteiger partial charge in [-0.3, -0.25) is 0 Å². The number of benzene rings is 2. The van der Waals surface area contributed by atoms with Crippen LogP contribution in [0.5, 0.6) is 0 Å². The monoisotopic (exact) mass is 318 g/mol. The predicted molar refractivity (Wildman–Crippen MR) is 91.8 cm³/mol. The minimum Gasteiger partial charge on any atom is -0.377 e. The molecule has 0 radical (unpaired) electrons. The average molecular weight is 318 g/mol. The summed E-state index contributed by atoms with van der Waals surface area (Å²) in [5.41, 5.74) is 3.86. The van der Waals surface area contributed by atoms with Gasteiger partial charge in [-0.2, -0.15) is 0 Å². The zero-order valence-corrected chi connectivity index (χ0v) is 14.2. The van der Waals surface area contributed by atoms with Crippen molar-refractivity contribution in [2.45, 2.75) is 18.2 Å². The van der Waals surface area contributed by atoms with Crippen LogP contribution in [-0.4, -0.2) is 29.6 Å². The topological polar surface area (TPSA) is 49.4 Å². The van der Waals surface area contributed by atoms with Crippen molar-refractivity contribution in [2.75, 3.05) is 26.0 Å². The minimum absolute atomic E-state index is 0.296. The van der Waals surface area contributed by atoms with E-state index >= 15 is 0 Å². The molecule has 2 aromatic carbocycles. The van der Waals surface area contributed by atoms with Crippen LogP contribution in [0.3, 0.4) is 0 Å². The van der Waals surface area contributed by atoms with E-state index in [1.807, 2.05) is 43.3 Å². The number of hydrogen-bond acceptors (Lipinski definition) is 3. The molecule has 22 heavy (non-hydrogen) atoms. The molecule has 2 aromatic rings. The quantitative estimate of drug-likeness (QED) is 0.922. The fraction of sp³-hybridized carbons (Fsp3) is 0.294. The van der Waals surface area contributed by atoms with Gasteiger partial charge in [-0.05, 0) is 31.2 Å². The van der Waals surface area contributed by atoms with E-state index in [-0.39, 0.29) is 0 Å². The van der Waals surface area contributed by atoms with Crippen molar-refractivity contribution >= 4 is 15.7 Å². The molecule has 0 aromatic heterocycles. The molecule has 0 aliphatic carbocycles. The Balaban J connectivity index is 2.73. The van der Waals surface area contributed by atoms with Crippen LogP contribution in [-0.2, 0) is 16.4 Å². The van der Waals surface area contributed by atoms with E-state index in [4.69, 9.17) is 0 Å². The Morgan fingerprint density at radius 3 is 2.32 bits per heavy atom. The van der Waals surface area contributed by atoms with Gasteiger partial charge in [0.25, 0.3) is 0 Å². The SMILES string of the molecule is CCc1ccc(-c2ccccc2S(=O)(=O)NC)c(N(C)C)c1. The Morgan fingerprint density at radius 1 is 1.05 bits per heavy atom. The van der Waals surface area contributed by atoms with Gasteiger partial charge in [0.2, 0.25) is 10.0 Å². The lowest BCUT2D eigenvalue weighted by atomic mass is 10.00. The van der Waals surface area contributed by atoms with Crippen LogP contribution in [0.1, 0.15) is 12.5 Å². The molecule has 0 spiro atoms. The number of hydrogen-bond donors (Lipinski definition) is 1. The molecule has 0 amide bonds. The van der Waals surface area contributed by atoms with Crippen molar-refractivity contribution in [3.05, 3.63) is 48.0 Å². The zero-order chi connectivity index (χ0) is 16.3. The number of aryl methyl sites for hydroxylation is 1. The largest absolute Gasteiger partial charge is 0.377 e. The Bertz CT molecular complexity index is 768. The van der Waals surface area contributed by atoms with Crippen molar-refractivity contribution in [3.63, 3.8) is 0 Å². The van der Waals surface area contributed by atoms with E-state index in [0.717, 1.165) is 17.7 Å². The van der Waals surface area contributed by atoms with Crippen LogP contribution >= 0.6 is 0 Å². The van der Waals surface area contributed by atoms with Crippen molar-refractivity contribution < 1.29 is 8.42 Å². The van der Waals surface area contributed by atoms with Gasteiger partial charge in [-0.15, -0.1) is 0 Å². The maximum absolute atomic E-state index is 12.3. The molecule has 1 N–H and O–H groups in total. The lowest BCUT2D eigenvalue weighted by Gasteiger charge is -2.20. The second-order valence-corrected chi connectivity index (χ2v) is 7.16. The lowest BCUT2D eigenvalue weighted by Crippen LogP contribution is -2.19. The summed E-state index contributed by atoms with van der Waals surface area (Å²) in [6.45, 7) is 2.11. The highest BCUT2D eigenvalue weighted by Crippen LogP contribution is 2.35. The van der Waals surface area contributed by atoms with E-state index in [1.54, 1.807) is 12.1 Å². The van der Waals surface area contributed by atoms with Crippen molar-refractivity contribution in [3.8, 4) is 11.1 Å². The van der Waals surface area contributed by atoms with E-state index in [1.165, 1.54) is 12.6 Å². The number of rotatable bonds is 5. The van der Waals surface area contributed by atoms with Crippen molar-refractivity contribution in [1.82, 2.24) is 4.72 Å². The number of nitrogens with zero attached hydrogens (tertiary/aromatic N) is 1. The summed E-state index contributed by atoms with van der Waals surface area (Å²) in [6, 6.07) is 13.2. The minimum atomic E-state index is -3.50. The van der Waals surface area contributed by atoms with E-state index in [0.29, 0.717) is 10.5 Å². The predicted octanol–water partition coefficient (Wildman–Crippen LogP) is 2.89. The van der Waals surface area contributed by atoms with Crippen molar-refractivity contribution in [1.29, 1.82) is 0 Å². The van der Waals surface area contributed by atoms with Crippen LogP contribution < -0.4 is 9.62 Å².